The monoisotopic (exact) mass is 481 g/mol. The zero-order chi connectivity index (χ0) is 24.4. The van der Waals surface area contributed by atoms with Crippen LogP contribution >= 0.6 is 11.6 Å². The van der Waals surface area contributed by atoms with Gasteiger partial charge in [0.2, 0.25) is 11.8 Å². The van der Waals surface area contributed by atoms with E-state index in [9.17, 15) is 4.39 Å². The molecule has 0 amide bonds. The SMILES string of the molecule is C=C/C(Nc1nc(OCC)c2cc[nH]c2n1)=C(\C)Cl.CC.CC1CCN(C2COC2)CC1F. The van der Waals surface area contributed by atoms with Crippen LogP contribution in [-0.4, -0.2) is 65.0 Å². The van der Waals surface area contributed by atoms with Crippen molar-refractivity contribution in [2.24, 2.45) is 5.92 Å². The highest BCUT2D eigenvalue weighted by Crippen LogP contribution is 2.25. The minimum Gasteiger partial charge on any atom is -0.477 e. The first-order valence-corrected chi connectivity index (χ1v) is 12.0. The van der Waals surface area contributed by atoms with Gasteiger partial charge in [-0.15, -0.1) is 0 Å². The number of nitrogens with one attached hydrogen (secondary N) is 2. The molecule has 184 valence electrons. The summed E-state index contributed by atoms with van der Waals surface area (Å²) in [5.74, 6) is 1.20. The molecule has 2 aromatic rings. The second-order valence-corrected chi connectivity index (χ2v) is 8.34. The molecule has 2 atom stereocenters. The average molecular weight is 482 g/mol. The van der Waals surface area contributed by atoms with Gasteiger partial charge in [-0.2, -0.15) is 9.97 Å². The predicted molar refractivity (Wildman–Crippen MR) is 134 cm³/mol. The van der Waals surface area contributed by atoms with Crippen molar-refractivity contribution < 1.29 is 13.9 Å². The number of hydrogen-bond acceptors (Lipinski definition) is 6. The van der Waals surface area contributed by atoms with Crippen molar-refractivity contribution in [3.63, 3.8) is 0 Å². The Labute approximate surface area is 201 Å². The highest BCUT2D eigenvalue weighted by molar-refractivity contribution is 6.29. The molecule has 0 aliphatic carbocycles. The third kappa shape index (κ3) is 7.42. The summed E-state index contributed by atoms with van der Waals surface area (Å²) in [6.07, 6.45) is 3.78. The second-order valence-electron chi connectivity index (χ2n) is 7.77. The number of aromatic nitrogens is 3. The van der Waals surface area contributed by atoms with Gasteiger partial charge >= 0.3 is 0 Å². The third-order valence-corrected chi connectivity index (χ3v) is 5.72. The first-order valence-electron chi connectivity index (χ1n) is 11.6. The lowest BCUT2D eigenvalue weighted by molar-refractivity contribution is -0.0841. The summed E-state index contributed by atoms with van der Waals surface area (Å²) in [7, 11) is 0. The molecular weight excluding hydrogens is 445 g/mol. The van der Waals surface area contributed by atoms with E-state index in [0.29, 0.717) is 47.4 Å². The van der Waals surface area contributed by atoms with Gasteiger partial charge in [0, 0.05) is 17.8 Å². The van der Waals surface area contributed by atoms with E-state index in [0.717, 1.165) is 31.6 Å². The van der Waals surface area contributed by atoms with E-state index in [1.165, 1.54) is 0 Å². The third-order valence-electron chi connectivity index (χ3n) is 5.52. The van der Waals surface area contributed by atoms with Crippen LogP contribution in [0.15, 0.2) is 35.6 Å². The Morgan fingerprint density at radius 1 is 1.42 bits per heavy atom. The van der Waals surface area contributed by atoms with Crippen molar-refractivity contribution in [3.8, 4) is 5.88 Å². The number of H-pyrrole nitrogens is 1. The van der Waals surface area contributed by atoms with Crippen LogP contribution in [0.2, 0.25) is 0 Å². The minimum atomic E-state index is -0.626. The molecule has 0 radical (unpaired) electrons. The molecule has 9 heteroatoms. The molecule has 0 bridgehead atoms. The van der Waals surface area contributed by atoms with E-state index in [2.05, 4.69) is 31.7 Å². The van der Waals surface area contributed by atoms with Crippen LogP contribution in [0.3, 0.4) is 0 Å². The fourth-order valence-electron chi connectivity index (χ4n) is 3.43. The maximum atomic E-state index is 13.3. The maximum absolute atomic E-state index is 13.3. The molecule has 2 unspecified atom stereocenters. The summed E-state index contributed by atoms with van der Waals surface area (Å²) < 4.78 is 23.9. The maximum Gasteiger partial charge on any atom is 0.232 e. The topological polar surface area (TPSA) is 75.3 Å². The lowest BCUT2D eigenvalue weighted by Gasteiger charge is -2.42. The predicted octanol–water partition coefficient (Wildman–Crippen LogP) is 5.52. The molecule has 2 aromatic heterocycles. The lowest BCUT2D eigenvalue weighted by Crippen LogP contribution is -2.54. The Kier molecular flexibility index (Phi) is 11.1. The molecule has 2 fully saturated rings. The number of hydrogen-bond donors (Lipinski definition) is 2. The number of allylic oxidation sites excluding steroid dienone is 2. The van der Waals surface area contributed by atoms with E-state index in [4.69, 9.17) is 21.1 Å². The normalized spacial score (nSPS) is 21.5. The van der Waals surface area contributed by atoms with Gasteiger partial charge in [-0.3, -0.25) is 4.90 Å². The molecule has 0 spiro atoms. The van der Waals surface area contributed by atoms with Crippen LogP contribution in [0, 0.1) is 5.92 Å². The Bertz CT molecular complexity index is 911. The van der Waals surface area contributed by atoms with Crippen molar-refractivity contribution in [1.29, 1.82) is 0 Å². The van der Waals surface area contributed by atoms with E-state index in [1.807, 2.05) is 33.8 Å². The van der Waals surface area contributed by atoms with Crippen molar-refractivity contribution in [2.45, 2.75) is 53.3 Å². The first-order chi connectivity index (χ1) is 15.9. The van der Waals surface area contributed by atoms with Gasteiger partial charge in [0.1, 0.15) is 11.8 Å². The number of piperidine rings is 1. The largest absolute Gasteiger partial charge is 0.477 e. The summed E-state index contributed by atoms with van der Waals surface area (Å²) >= 11 is 5.94. The number of halogens is 2. The van der Waals surface area contributed by atoms with Crippen LogP contribution in [0.25, 0.3) is 11.0 Å². The summed E-state index contributed by atoms with van der Waals surface area (Å²) in [6, 6.07) is 2.39. The average Bonchev–Trinajstić information content (AvgIpc) is 3.24. The number of likely N-dealkylation sites (tertiary alicyclic amines) is 1. The highest BCUT2D eigenvalue weighted by Gasteiger charge is 2.33. The summed E-state index contributed by atoms with van der Waals surface area (Å²) in [5.41, 5.74) is 1.37. The standard InChI is InChI=1S/C13H15ClN4O.C9H16FNO.C2H6/c1-4-10(8(3)14)16-13-17-11-9(6-7-15-11)12(18-13)19-5-2;1-7-2-3-11(4-9(7)10)8-5-12-6-8;1-2/h4,6-7H,1,5H2,2-3H3,(H2,15,16,17,18);7-9H,2-6H2,1H3;1-2H3/b10-8-;;. The molecule has 4 heterocycles. The van der Waals surface area contributed by atoms with Crippen molar-refractivity contribution in [2.75, 3.05) is 38.2 Å². The van der Waals surface area contributed by atoms with Gasteiger partial charge in [0.05, 0.1) is 36.9 Å². The molecule has 2 saturated heterocycles. The number of anilines is 1. The van der Waals surface area contributed by atoms with Crippen LogP contribution < -0.4 is 10.1 Å². The Morgan fingerprint density at radius 2 is 2.15 bits per heavy atom. The van der Waals surface area contributed by atoms with E-state index >= 15 is 0 Å². The Hall–Kier alpha value is -2.16. The molecule has 2 aliphatic heterocycles. The minimum absolute atomic E-state index is 0.252. The van der Waals surface area contributed by atoms with E-state index in [-0.39, 0.29) is 5.92 Å². The quantitative estimate of drug-likeness (QED) is 0.529. The van der Waals surface area contributed by atoms with Crippen molar-refractivity contribution in [3.05, 3.63) is 35.6 Å². The fraction of sp³-hybridized carbons (Fsp3) is 0.583. The van der Waals surface area contributed by atoms with Gasteiger partial charge < -0.3 is 19.8 Å². The molecular formula is C24H37ClFN5O2. The fourth-order valence-corrected chi connectivity index (χ4v) is 3.55. The molecule has 2 N–H and O–H groups in total. The number of rotatable bonds is 6. The van der Waals surface area contributed by atoms with Gasteiger partial charge in [-0.25, -0.2) is 4.39 Å². The van der Waals surface area contributed by atoms with Crippen LogP contribution in [0.4, 0.5) is 10.3 Å². The van der Waals surface area contributed by atoms with Crippen LogP contribution in [-0.2, 0) is 4.74 Å². The molecule has 33 heavy (non-hydrogen) atoms. The Balaban J connectivity index is 0.000000236. The molecule has 0 saturated carbocycles. The zero-order valence-corrected chi connectivity index (χ0v) is 21.1. The summed E-state index contributed by atoms with van der Waals surface area (Å²) in [6.45, 7) is 17.2. The highest BCUT2D eigenvalue weighted by atomic mass is 35.5. The van der Waals surface area contributed by atoms with Crippen molar-refractivity contribution in [1.82, 2.24) is 19.9 Å². The number of aromatic amines is 1. The van der Waals surface area contributed by atoms with Crippen LogP contribution in [0.1, 0.15) is 41.0 Å². The van der Waals surface area contributed by atoms with Gasteiger partial charge in [-0.1, -0.05) is 39.0 Å². The van der Waals surface area contributed by atoms with E-state index < -0.39 is 6.17 Å². The molecule has 0 aromatic carbocycles. The number of fused-ring (bicyclic) bond motifs is 1. The molecule has 2 aliphatic rings. The Morgan fingerprint density at radius 3 is 2.70 bits per heavy atom. The number of nitrogens with zero attached hydrogens (tertiary/aromatic N) is 3. The zero-order valence-electron chi connectivity index (χ0n) is 20.3. The van der Waals surface area contributed by atoms with Gasteiger partial charge in [0.25, 0.3) is 0 Å². The summed E-state index contributed by atoms with van der Waals surface area (Å²) in [5, 5.41) is 4.45. The number of ether oxygens (including phenoxy) is 2. The molecule has 4 rings (SSSR count). The van der Waals surface area contributed by atoms with Crippen molar-refractivity contribution >= 4 is 28.6 Å². The first kappa shape index (κ1) is 27.1. The summed E-state index contributed by atoms with van der Waals surface area (Å²) in [4.78, 5) is 13.9. The lowest BCUT2D eigenvalue weighted by atomic mass is 9.96. The van der Waals surface area contributed by atoms with Gasteiger partial charge in [0.15, 0.2) is 0 Å². The second kappa shape index (κ2) is 13.5. The van der Waals surface area contributed by atoms with Crippen LogP contribution in [0.5, 0.6) is 5.88 Å². The smallest absolute Gasteiger partial charge is 0.232 e. The molecule has 7 nitrogen and oxygen atoms in total. The van der Waals surface area contributed by atoms with Gasteiger partial charge in [-0.05, 0) is 44.9 Å². The van der Waals surface area contributed by atoms with E-state index in [1.54, 1.807) is 19.2 Å². The number of alkyl halides is 1.